The van der Waals surface area contributed by atoms with Crippen LogP contribution in [0.2, 0.25) is 5.02 Å². The van der Waals surface area contributed by atoms with Crippen LogP contribution >= 0.6 is 34.7 Å². The first-order valence-electron chi connectivity index (χ1n) is 9.73. The van der Waals surface area contributed by atoms with E-state index in [0.717, 1.165) is 20.9 Å². The first-order chi connectivity index (χ1) is 14.9. The van der Waals surface area contributed by atoms with E-state index >= 15 is 0 Å². The molecule has 3 aromatic rings. The first kappa shape index (κ1) is 22.7. The molecule has 0 radical (unpaired) electrons. The Morgan fingerprint density at radius 2 is 1.74 bits per heavy atom. The number of benzene rings is 2. The molecular weight excluding hydrogens is 459 g/mol. The summed E-state index contributed by atoms with van der Waals surface area (Å²) in [5.74, 6) is -0.266. The van der Waals surface area contributed by atoms with E-state index in [9.17, 15) is 19.7 Å². The number of aliphatic hydroxyl groups excluding tert-OH is 3. The molecule has 1 aliphatic rings. The summed E-state index contributed by atoms with van der Waals surface area (Å²) in [6.07, 6.45) is -2.13. The van der Waals surface area contributed by atoms with Crippen molar-refractivity contribution in [3.63, 3.8) is 0 Å². The molecule has 2 aromatic carbocycles. The normalized spacial score (nSPS) is 26.2. The van der Waals surface area contributed by atoms with Crippen LogP contribution in [0.1, 0.15) is 22.1 Å². The molecule has 3 N–H and O–H groups in total. The summed E-state index contributed by atoms with van der Waals surface area (Å²) in [6, 6.07) is 15.8. The molecule has 0 aliphatic carbocycles. The van der Waals surface area contributed by atoms with Crippen LogP contribution in [-0.4, -0.2) is 45.3 Å². The Hall–Kier alpha value is -1.45. The van der Waals surface area contributed by atoms with Crippen molar-refractivity contribution in [1.82, 2.24) is 0 Å². The van der Waals surface area contributed by atoms with Crippen molar-refractivity contribution in [2.45, 2.75) is 36.3 Å². The molecule has 0 saturated carbocycles. The highest BCUT2D eigenvalue weighted by Crippen LogP contribution is 2.37. The van der Waals surface area contributed by atoms with Crippen LogP contribution in [0, 0.1) is 5.82 Å². The summed E-state index contributed by atoms with van der Waals surface area (Å²) in [5, 5.41) is 31.4. The summed E-state index contributed by atoms with van der Waals surface area (Å²) in [4.78, 5) is 2.12. The summed E-state index contributed by atoms with van der Waals surface area (Å²) >= 11 is 9.32. The van der Waals surface area contributed by atoms with Gasteiger partial charge in [0, 0.05) is 21.2 Å². The third-order valence-corrected chi connectivity index (χ3v) is 7.71. The second-order valence-corrected chi connectivity index (χ2v) is 9.94. The maximum Gasteiger partial charge on any atom is 0.132 e. The van der Waals surface area contributed by atoms with Gasteiger partial charge in [0.05, 0.1) is 0 Å². The minimum atomic E-state index is -1.30. The fourth-order valence-corrected chi connectivity index (χ4v) is 5.55. The van der Waals surface area contributed by atoms with Gasteiger partial charge in [0.25, 0.3) is 0 Å². The lowest BCUT2D eigenvalue weighted by atomic mass is 9.93. The summed E-state index contributed by atoms with van der Waals surface area (Å²) in [5.41, 5.74) is 1.86. The van der Waals surface area contributed by atoms with Gasteiger partial charge < -0.3 is 20.1 Å². The molecule has 4 nitrogen and oxygen atoms in total. The molecule has 31 heavy (non-hydrogen) atoms. The van der Waals surface area contributed by atoms with E-state index in [1.165, 1.54) is 23.9 Å². The van der Waals surface area contributed by atoms with Crippen LogP contribution in [-0.2, 0) is 11.2 Å². The van der Waals surface area contributed by atoms with Crippen LogP contribution in [0.3, 0.4) is 0 Å². The van der Waals surface area contributed by atoms with Crippen molar-refractivity contribution in [2.24, 2.45) is 0 Å². The van der Waals surface area contributed by atoms with Gasteiger partial charge in [0.2, 0.25) is 0 Å². The van der Waals surface area contributed by atoms with Crippen molar-refractivity contribution < 1.29 is 24.4 Å². The van der Waals surface area contributed by atoms with Gasteiger partial charge in [-0.15, -0.1) is 23.1 Å². The molecule has 1 aromatic heterocycles. The Kier molecular flexibility index (Phi) is 7.03. The molecule has 164 valence electrons. The Balaban J connectivity index is 1.57. The van der Waals surface area contributed by atoms with Gasteiger partial charge in [-0.2, -0.15) is 0 Å². The van der Waals surface area contributed by atoms with Crippen LogP contribution in [0.15, 0.2) is 54.6 Å². The SMILES string of the molecule is CS[C@H]1O[C@@H](c2ccc(Cl)c(Cc3ccc(-c4ccc(F)cc4)s3)c2)[C@H](O)[C@@H](O)[C@@H]1O. The molecule has 1 saturated heterocycles. The molecule has 4 rings (SSSR count). The number of halogens is 2. The maximum atomic E-state index is 13.2. The highest BCUT2D eigenvalue weighted by molar-refractivity contribution is 7.99. The van der Waals surface area contributed by atoms with E-state index in [2.05, 4.69) is 0 Å². The zero-order valence-electron chi connectivity index (χ0n) is 16.6. The van der Waals surface area contributed by atoms with Crippen molar-refractivity contribution in [2.75, 3.05) is 6.26 Å². The Labute approximate surface area is 193 Å². The van der Waals surface area contributed by atoms with Gasteiger partial charge in [-0.1, -0.05) is 35.9 Å². The smallest absolute Gasteiger partial charge is 0.132 e. The number of hydrogen-bond acceptors (Lipinski definition) is 6. The molecular formula is C23H22ClFO4S2. The summed E-state index contributed by atoms with van der Waals surface area (Å²) < 4.78 is 19.0. The fourth-order valence-electron chi connectivity index (χ4n) is 3.66. The molecule has 8 heteroatoms. The van der Waals surface area contributed by atoms with E-state index in [4.69, 9.17) is 16.3 Å². The lowest BCUT2D eigenvalue weighted by Crippen LogP contribution is -2.52. The van der Waals surface area contributed by atoms with Gasteiger partial charge in [0.1, 0.15) is 35.7 Å². The molecule has 0 bridgehead atoms. The highest BCUT2D eigenvalue weighted by Gasteiger charge is 2.44. The quantitative estimate of drug-likeness (QED) is 0.496. The van der Waals surface area contributed by atoms with Crippen molar-refractivity contribution >= 4 is 34.7 Å². The van der Waals surface area contributed by atoms with Crippen molar-refractivity contribution in [1.29, 1.82) is 0 Å². The van der Waals surface area contributed by atoms with Crippen molar-refractivity contribution in [3.05, 3.63) is 81.4 Å². The number of thiophene rings is 1. The second-order valence-electron chi connectivity index (χ2n) is 7.43. The van der Waals surface area contributed by atoms with E-state index in [1.807, 2.05) is 18.2 Å². The fraction of sp³-hybridized carbons (Fsp3) is 0.304. The summed E-state index contributed by atoms with van der Waals surface area (Å²) in [7, 11) is 0. The number of ether oxygens (including phenoxy) is 1. The molecule has 0 unspecified atom stereocenters. The first-order valence-corrected chi connectivity index (χ1v) is 12.2. The Morgan fingerprint density at radius 1 is 1.00 bits per heavy atom. The molecule has 1 fully saturated rings. The van der Waals surface area contributed by atoms with E-state index in [-0.39, 0.29) is 5.82 Å². The Bertz CT molecular complexity index is 1040. The van der Waals surface area contributed by atoms with Crippen LogP contribution in [0.5, 0.6) is 0 Å². The Morgan fingerprint density at radius 3 is 2.45 bits per heavy atom. The van der Waals surface area contributed by atoms with Gasteiger partial charge in [-0.25, -0.2) is 4.39 Å². The van der Waals surface area contributed by atoms with E-state index in [1.54, 1.807) is 41.9 Å². The van der Waals surface area contributed by atoms with E-state index < -0.39 is 29.9 Å². The molecule has 2 heterocycles. The van der Waals surface area contributed by atoms with Crippen LogP contribution in [0.4, 0.5) is 4.39 Å². The van der Waals surface area contributed by atoms with Crippen molar-refractivity contribution in [3.8, 4) is 10.4 Å². The van der Waals surface area contributed by atoms with E-state index in [0.29, 0.717) is 17.0 Å². The summed E-state index contributed by atoms with van der Waals surface area (Å²) in [6.45, 7) is 0. The minimum Gasteiger partial charge on any atom is -0.387 e. The van der Waals surface area contributed by atoms with Crippen LogP contribution < -0.4 is 0 Å². The average molecular weight is 481 g/mol. The molecule has 0 spiro atoms. The van der Waals surface area contributed by atoms with Crippen LogP contribution in [0.25, 0.3) is 10.4 Å². The predicted octanol–water partition coefficient (Wildman–Crippen LogP) is 4.64. The third kappa shape index (κ3) is 4.83. The maximum absolute atomic E-state index is 13.2. The second kappa shape index (κ2) is 9.58. The molecule has 5 atom stereocenters. The number of hydrogen-bond donors (Lipinski definition) is 3. The lowest BCUT2D eigenvalue weighted by Gasteiger charge is -2.40. The third-order valence-electron chi connectivity index (χ3n) is 5.36. The topological polar surface area (TPSA) is 69.9 Å². The molecule has 0 amide bonds. The zero-order valence-corrected chi connectivity index (χ0v) is 19.0. The predicted molar refractivity (Wildman–Crippen MR) is 123 cm³/mol. The largest absolute Gasteiger partial charge is 0.387 e. The zero-order chi connectivity index (χ0) is 22.1. The molecule has 1 aliphatic heterocycles. The average Bonchev–Trinajstić information content (AvgIpc) is 3.23. The number of thioether (sulfide) groups is 1. The number of aliphatic hydroxyl groups is 3. The monoisotopic (exact) mass is 480 g/mol. The van der Waals surface area contributed by atoms with Gasteiger partial charge in [0.15, 0.2) is 0 Å². The standard InChI is InChI=1S/C23H22ClFO4S2/c1-30-23-21(28)19(26)20(27)22(29-23)13-4-8-17(24)14(10-13)11-16-7-9-18(31-16)12-2-5-15(25)6-3-12/h2-10,19-23,26-28H,11H2,1H3/t19-,20-,21+,22+,23-/m1/s1. The highest BCUT2D eigenvalue weighted by atomic mass is 35.5. The van der Waals surface area contributed by atoms with Gasteiger partial charge >= 0.3 is 0 Å². The number of rotatable bonds is 5. The van der Waals surface area contributed by atoms with Gasteiger partial charge in [-0.3, -0.25) is 0 Å². The van der Waals surface area contributed by atoms with Gasteiger partial charge in [-0.05, 0) is 53.3 Å². The lowest BCUT2D eigenvalue weighted by molar-refractivity contribution is -0.200. The minimum absolute atomic E-state index is 0.266.